The maximum Gasteiger partial charge on any atom is 0.119 e. The van der Waals surface area contributed by atoms with Gasteiger partial charge in [0, 0.05) is 0 Å². The maximum absolute atomic E-state index is 5.26. The Morgan fingerprint density at radius 3 is 1.33 bits per heavy atom. The molecule has 0 radical (unpaired) electrons. The number of aryl methyl sites for hydroxylation is 3. The second-order valence-electron chi connectivity index (χ2n) is 4.40. The van der Waals surface area contributed by atoms with E-state index in [0.717, 1.165) is 12.4 Å². The van der Waals surface area contributed by atoms with Gasteiger partial charge in [0.15, 0.2) is 0 Å². The van der Waals surface area contributed by atoms with Crippen molar-refractivity contribution in [2.45, 2.75) is 27.7 Å². The molecule has 0 bridgehead atoms. The Morgan fingerprint density at radius 2 is 1.00 bits per heavy atom. The van der Waals surface area contributed by atoms with Crippen molar-refractivity contribution >= 4 is 0 Å². The Kier molecular flexibility index (Phi) is 5.99. The fourth-order valence-corrected chi connectivity index (χ4v) is 1.44. The zero-order chi connectivity index (χ0) is 13.4. The van der Waals surface area contributed by atoms with Crippen molar-refractivity contribution < 1.29 is 4.74 Å². The number of ether oxygens (including phenoxy) is 1. The molecule has 0 aliphatic carbocycles. The van der Waals surface area contributed by atoms with Crippen LogP contribution in [0.5, 0.6) is 5.75 Å². The summed E-state index contributed by atoms with van der Waals surface area (Å²) in [6.07, 6.45) is 0. The Balaban J connectivity index is 0.000000184. The van der Waals surface area contributed by atoms with Gasteiger partial charge in [-0.25, -0.2) is 0 Å². The van der Waals surface area contributed by atoms with Crippen molar-refractivity contribution in [3.63, 3.8) is 0 Å². The highest BCUT2D eigenvalue weighted by Gasteiger charge is 1.88. The van der Waals surface area contributed by atoms with Crippen LogP contribution in [0.1, 0.15) is 23.6 Å². The molecular weight excluding hydrogens is 220 g/mol. The third kappa shape index (κ3) is 5.53. The molecule has 0 saturated carbocycles. The van der Waals surface area contributed by atoms with E-state index in [1.807, 2.05) is 31.2 Å². The lowest BCUT2D eigenvalue weighted by molar-refractivity contribution is 0.340. The molecule has 2 aromatic carbocycles. The molecule has 2 rings (SSSR count). The van der Waals surface area contributed by atoms with E-state index in [1.165, 1.54) is 16.7 Å². The fraction of sp³-hybridized carbons (Fsp3) is 0.294. The fourth-order valence-electron chi connectivity index (χ4n) is 1.44. The third-order valence-electron chi connectivity index (χ3n) is 2.55. The average molecular weight is 242 g/mol. The molecule has 2 aromatic rings. The van der Waals surface area contributed by atoms with Gasteiger partial charge in [-0.1, -0.05) is 53.1 Å². The first-order valence-corrected chi connectivity index (χ1v) is 6.34. The van der Waals surface area contributed by atoms with Gasteiger partial charge in [-0.05, 0) is 39.8 Å². The molecule has 0 N–H and O–H groups in total. The normalized spacial score (nSPS) is 9.33. The van der Waals surface area contributed by atoms with Crippen molar-refractivity contribution in [1.29, 1.82) is 0 Å². The van der Waals surface area contributed by atoms with Crippen LogP contribution >= 0.6 is 0 Å². The highest BCUT2D eigenvalue weighted by molar-refractivity contribution is 5.26. The molecule has 18 heavy (non-hydrogen) atoms. The SMILES string of the molecule is CCOc1ccc(C)cc1.Cc1ccc(C)cc1. The summed E-state index contributed by atoms with van der Waals surface area (Å²) in [6, 6.07) is 16.5. The molecule has 0 spiro atoms. The summed E-state index contributed by atoms with van der Waals surface area (Å²) in [5.41, 5.74) is 3.93. The molecule has 0 atom stereocenters. The van der Waals surface area contributed by atoms with Crippen molar-refractivity contribution in [3.8, 4) is 5.75 Å². The molecule has 0 saturated heterocycles. The molecule has 1 nitrogen and oxygen atoms in total. The molecule has 0 fully saturated rings. The molecule has 0 aromatic heterocycles. The summed E-state index contributed by atoms with van der Waals surface area (Å²) in [7, 11) is 0. The lowest BCUT2D eigenvalue weighted by Crippen LogP contribution is -1.90. The van der Waals surface area contributed by atoms with Gasteiger partial charge in [-0.2, -0.15) is 0 Å². The van der Waals surface area contributed by atoms with Gasteiger partial charge in [-0.3, -0.25) is 0 Å². The van der Waals surface area contributed by atoms with Crippen LogP contribution in [-0.4, -0.2) is 6.61 Å². The third-order valence-corrected chi connectivity index (χ3v) is 2.55. The van der Waals surface area contributed by atoms with Crippen LogP contribution < -0.4 is 4.74 Å². The predicted octanol–water partition coefficient (Wildman–Crippen LogP) is 4.70. The minimum Gasteiger partial charge on any atom is -0.494 e. The van der Waals surface area contributed by atoms with Gasteiger partial charge in [0.1, 0.15) is 5.75 Å². The van der Waals surface area contributed by atoms with E-state index in [0.29, 0.717) is 0 Å². The number of hydrogen-bond acceptors (Lipinski definition) is 1. The highest BCUT2D eigenvalue weighted by atomic mass is 16.5. The van der Waals surface area contributed by atoms with Gasteiger partial charge in [0.2, 0.25) is 0 Å². The minimum absolute atomic E-state index is 0.739. The van der Waals surface area contributed by atoms with Crippen LogP contribution in [0.3, 0.4) is 0 Å². The number of benzene rings is 2. The van der Waals surface area contributed by atoms with Gasteiger partial charge >= 0.3 is 0 Å². The van der Waals surface area contributed by atoms with Gasteiger partial charge in [-0.15, -0.1) is 0 Å². The van der Waals surface area contributed by atoms with E-state index >= 15 is 0 Å². The Labute approximate surface area is 110 Å². The van der Waals surface area contributed by atoms with E-state index in [9.17, 15) is 0 Å². The molecule has 0 unspecified atom stereocenters. The van der Waals surface area contributed by atoms with Crippen LogP contribution in [-0.2, 0) is 0 Å². The predicted molar refractivity (Wildman–Crippen MR) is 78.3 cm³/mol. The molecule has 0 aliphatic rings. The zero-order valence-corrected chi connectivity index (χ0v) is 11.7. The molecule has 0 heterocycles. The monoisotopic (exact) mass is 242 g/mol. The Hall–Kier alpha value is -1.76. The Bertz CT molecular complexity index is 419. The van der Waals surface area contributed by atoms with E-state index in [-0.39, 0.29) is 0 Å². The first kappa shape index (κ1) is 14.3. The van der Waals surface area contributed by atoms with Crippen molar-refractivity contribution in [2.24, 2.45) is 0 Å². The zero-order valence-electron chi connectivity index (χ0n) is 11.7. The maximum atomic E-state index is 5.26. The summed E-state index contributed by atoms with van der Waals surface area (Å²) in [4.78, 5) is 0. The lowest BCUT2D eigenvalue weighted by Gasteiger charge is -2.01. The van der Waals surface area contributed by atoms with Crippen LogP contribution in [0.2, 0.25) is 0 Å². The van der Waals surface area contributed by atoms with Crippen molar-refractivity contribution in [1.82, 2.24) is 0 Å². The number of hydrogen-bond donors (Lipinski definition) is 0. The smallest absolute Gasteiger partial charge is 0.119 e. The molecule has 1 heteroatoms. The Morgan fingerprint density at radius 1 is 0.667 bits per heavy atom. The number of rotatable bonds is 2. The summed E-state index contributed by atoms with van der Waals surface area (Å²) in [5, 5.41) is 0. The van der Waals surface area contributed by atoms with Crippen LogP contribution in [0.15, 0.2) is 48.5 Å². The highest BCUT2D eigenvalue weighted by Crippen LogP contribution is 2.10. The van der Waals surface area contributed by atoms with E-state index < -0.39 is 0 Å². The van der Waals surface area contributed by atoms with Crippen molar-refractivity contribution in [3.05, 3.63) is 65.2 Å². The molecule has 0 aliphatic heterocycles. The second-order valence-corrected chi connectivity index (χ2v) is 4.40. The first-order chi connectivity index (χ1) is 8.61. The van der Waals surface area contributed by atoms with Gasteiger partial charge < -0.3 is 4.74 Å². The van der Waals surface area contributed by atoms with Gasteiger partial charge in [0.25, 0.3) is 0 Å². The average Bonchev–Trinajstić information content (AvgIpc) is 2.37. The van der Waals surface area contributed by atoms with E-state index in [1.54, 1.807) is 0 Å². The first-order valence-electron chi connectivity index (χ1n) is 6.34. The van der Waals surface area contributed by atoms with Crippen LogP contribution in [0.4, 0.5) is 0 Å². The topological polar surface area (TPSA) is 9.23 Å². The summed E-state index contributed by atoms with van der Waals surface area (Å²) in [5.74, 6) is 0.952. The van der Waals surface area contributed by atoms with E-state index in [2.05, 4.69) is 45.0 Å². The quantitative estimate of drug-likeness (QED) is 0.742. The largest absolute Gasteiger partial charge is 0.494 e. The molecular formula is C17H22O. The summed E-state index contributed by atoms with van der Waals surface area (Å²) >= 11 is 0. The standard InChI is InChI=1S/C9H12O.C8H10/c1-3-10-9-6-4-8(2)5-7-9;1-7-3-5-8(2)6-4-7/h4-7H,3H2,1-2H3;3-6H,1-2H3. The molecule has 0 amide bonds. The summed E-state index contributed by atoms with van der Waals surface area (Å²) in [6.45, 7) is 8.98. The van der Waals surface area contributed by atoms with Crippen LogP contribution in [0, 0.1) is 20.8 Å². The molecule has 96 valence electrons. The van der Waals surface area contributed by atoms with Crippen molar-refractivity contribution in [2.75, 3.05) is 6.61 Å². The van der Waals surface area contributed by atoms with E-state index in [4.69, 9.17) is 4.74 Å². The minimum atomic E-state index is 0.739. The second kappa shape index (κ2) is 7.54. The van der Waals surface area contributed by atoms with Crippen LogP contribution in [0.25, 0.3) is 0 Å². The summed E-state index contributed by atoms with van der Waals surface area (Å²) < 4.78 is 5.26. The lowest BCUT2D eigenvalue weighted by atomic mass is 10.2. The van der Waals surface area contributed by atoms with Gasteiger partial charge in [0.05, 0.1) is 6.61 Å².